The van der Waals surface area contributed by atoms with Gasteiger partial charge in [-0.15, -0.1) is 11.8 Å². The van der Waals surface area contributed by atoms with Gasteiger partial charge in [-0.3, -0.25) is 0 Å². The maximum atomic E-state index is 5.46. The lowest BCUT2D eigenvalue weighted by molar-refractivity contribution is 0.802. The summed E-state index contributed by atoms with van der Waals surface area (Å²) in [6.45, 7) is 6.29. The van der Waals surface area contributed by atoms with Gasteiger partial charge in [-0.2, -0.15) is 0 Å². The fourth-order valence-electron chi connectivity index (χ4n) is 1.36. The van der Waals surface area contributed by atoms with Gasteiger partial charge in [-0.1, -0.05) is 13.8 Å². The minimum Gasteiger partial charge on any atom is -0.308 e. The first-order valence-corrected chi connectivity index (χ1v) is 6.68. The zero-order valence-corrected chi connectivity index (χ0v) is 11.0. The molecule has 0 aliphatic carbocycles. The molecule has 1 heterocycles. The molecule has 0 amide bonds. The molecule has 0 fully saturated rings. The molecule has 1 aromatic rings. The standard InChI is InChI=1S/C11H20N4S/c1-4-6-9-13-10(15-12)8(3)11(14-9)16-7-5-2/h4-7,12H2,1-3H3,(H,13,14,15). The van der Waals surface area contributed by atoms with E-state index in [2.05, 4.69) is 29.2 Å². The summed E-state index contributed by atoms with van der Waals surface area (Å²) in [6, 6.07) is 0. The summed E-state index contributed by atoms with van der Waals surface area (Å²) < 4.78 is 0. The van der Waals surface area contributed by atoms with E-state index in [0.717, 1.165) is 47.2 Å². The molecule has 0 aliphatic heterocycles. The predicted molar refractivity (Wildman–Crippen MR) is 69.6 cm³/mol. The van der Waals surface area contributed by atoms with Crippen LogP contribution in [0.15, 0.2) is 5.03 Å². The Labute approximate surface area is 101 Å². The van der Waals surface area contributed by atoms with Crippen LogP contribution in [0.2, 0.25) is 0 Å². The van der Waals surface area contributed by atoms with Crippen LogP contribution in [0.3, 0.4) is 0 Å². The van der Waals surface area contributed by atoms with E-state index < -0.39 is 0 Å². The van der Waals surface area contributed by atoms with Gasteiger partial charge in [-0.25, -0.2) is 15.8 Å². The van der Waals surface area contributed by atoms with Crippen LogP contribution in [0.25, 0.3) is 0 Å². The Morgan fingerprint density at radius 1 is 1.25 bits per heavy atom. The number of nitrogens with zero attached hydrogens (tertiary/aromatic N) is 2. The van der Waals surface area contributed by atoms with E-state index in [-0.39, 0.29) is 0 Å². The molecule has 16 heavy (non-hydrogen) atoms. The monoisotopic (exact) mass is 240 g/mol. The SMILES string of the molecule is CCCSc1nc(CCC)nc(NN)c1C. The van der Waals surface area contributed by atoms with Crippen LogP contribution < -0.4 is 11.3 Å². The Morgan fingerprint density at radius 3 is 2.56 bits per heavy atom. The molecule has 0 aromatic carbocycles. The Bertz CT molecular complexity index is 341. The summed E-state index contributed by atoms with van der Waals surface area (Å²) in [5, 5.41) is 1.05. The van der Waals surface area contributed by atoms with E-state index in [9.17, 15) is 0 Å². The van der Waals surface area contributed by atoms with Crippen LogP contribution in [-0.2, 0) is 6.42 Å². The second-order valence-electron chi connectivity index (χ2n) is 3.66. The largest absolute Gasteiger partial charge is 0.308 e. The van der Waals surface area contributed by atoms with Crippen LogP contribution >= 0.6 is 11.8 Å². The molecule has 0 bridgehead atoms. The van der Waals surface area contributed by atoms with Crippen molar-refractivity contribution in [1.82, 2.24) is 9.97 Å². The summed E-state index contributed by atoms with van der Waals surface area (Å²) >= 11 is 1.77. The summed E-state index contributed by atoms with van der Waals surface area (Å²) in [6.07, 6.45) is 3.09. The van der Waals surface area contributed by atoms with Gasteiger partial charge in [0.05, 0.1) is 0 Å². The van der Waals surface area contributed by atoms with Gasteiger partial charge in [0, 0.05) is 12.0 Å². The maximum Gasteiger partial charge on any atom is 0.147 e. The van der Waals surface area contributed by atoms with Gasteiger partial charge in [-0.05, 0) is 25.5 Å². The maximum absolute atomic E-state index is 5.46. The number of nitrogens with one attached hydrogen (secondary N) is 1. The van der Waals surface area contributed by atoms with Gasteiger partial charge < -0.3 is 5.43 Å². The van der Waals surface area contributed by atoms with Gasteiger partial charge in [0.15, 0.2) is 0 Å². The van der Waals surface area contributed by atoms with E-state index in [1.165, 1.54) is 0 Å². The molecule has 0 radical (unpaired) electrons. The minimum absolute atomic E-state index is 0.747. The topological polar surface area (TPSA) is 63.8 Å². The number of hydrogen-bond acceptors (Lipinski definition) is 5. The zero-order chi connectivity index (χ0) is 12.0. The number of thioether (sulfide) groups is 1. The molecular formula is C11H20N4S. The average Bonchev–Trinajstić information content (AvgIpc) is 2.29. The summed E-state index contributed by atoms with van der Waals surface area (Å²) in [5.41, 5.74) is 3.69. The molecule has 1 rings (SSSR count). The van der Waals surface area contributed by atoms with Crippen molar-refractivity contribution < 1.29 is 0 Å². The Kier molecular flexibility index (Phi) is 5.55. The first-order valence-electron chi connectivity index (χ1n) is 5.69. The highest BCUT2D eigenvalue weighted by Crippen LogP contribution is 2.25. The quantitative estimate of drug-likeness (QED) is 0.346. The number of anilines is 1. The third kappa shape index (κ3) is 3.35. The van der Waals surface area contributed by atoms with Gasteiger partial charge in [0.25, 0.3) is 0 Å². The normalized spacial score (nSPS) is 10.5. The number of rotatable bonds is 6. The Morgan fingerprint density at radius 2 is 2.00 bits per heavy atom. The zero-order valence-electron chi connectivity index (χ0n) is 10.2. The fourth-order valence-corrected chi connectivity index (χ4v) is 2.24. The summed E-state index contributed by atoms with van der Waals surface area (Å²) in [7, 11) is 0. The van der Waals surface area contributed by atoms with Crippen LogP contribution in [-0.4, -0.2) is 15.7 Å². The number of nitrogen functional groups attached to an aromatic ring is 1. The average molecular weight is 240 g/mol. The lowest BCUT2D eigenvalue weighted by Gasteiger charge is -2.10. The van der Waals surface area contributed by atoms with Crippen molar-refractivity contribution in [3.05, 3.63) is 11.4 Å². The van der Waals surface area contributed by atoms with Crippen molar-refractivity contribution in [1.29, 1.82) is 0 Å². The molecule has 5 heteroatoms. The second kappa shape index (κ2) is 6.70. The first-order chi connectivity index (χ1) is 7.72. The van der Waals surface area contributed by atoms with E-state index >= 15 is 0 Å². The van der Waals surface area contributed by atoms with Crippen molar-refractivity contribution in [2.24, 2.45) is 5.84 Å². The third-order valence-corrected chi connectivity index (χ3v) is 3.48. The molecule has 3 N–H and O–H groups in total. The van der Waals surface area contributed by atoms with E-state index in [1.54, 1.807) is 11.8 Å². The van der Waals surface area contributed by atoms with Crippen LogP contribution in [0, 0.1) is 6.92 Å². The van der Waals surface area contributed by atoms with Gasteiger partial charge in [0.2, 0.25) is 0 Å². The molecule has 0 atom stereocenters. The van der Waals surface area contributed by atoms with Gasteiger partial charge >= 0.3 is 0 Å². The lowest BCUT2D eigenvalue weighted by Crippen LogP contribution is -2.13. The lowest BCUT2D eigenvalue weighted by atomic mass is 10.3. The van der Waals surface area contributed by atoms with Crippen molar-refractivity contribution in [2.45, 2.75) is 45.1 Å². The predicted octanol–water partition coefficient (Wildman–Crippen LogP) is 2.53. The fraction of sp³-hybridized carbons (Fsp3) is 0.636. The van der Waals surface area contributed by atoms with Crippen LogP contribution in [0.4, 0.5) is 5.82 Å². The smallest absolute Gasteiger partial charge is 0.147 e. The molecule has 90 valence electrons. The molecule has 0 unspecified atom stereocenters. The molecular weight excluding hydrogens is 220 g/mol. The molecule has 0 saturated heterocycles. The van der Waals surface area contributed by atoms with Crippen LogP contribution in [0.1, 0.15) is 38.1 Å². The highest BCUT2D eigenvalue weighted by atomic mass is 32.2. The Hall–Kier alpha value is -0.810. The number of nitrogens with two attached hydrogens (primary N) is 1. The van der Waals surface area contributed by atoms with E-state index in [1.807, 2.05) is 6.92 Å². The summed E-state index contributed by atoms with van der Waals surface area (Å²) in [5.74, 6) is 8.16. The highest BCUT2D eigenvalue weighted by molar-refractivity contribution is 7.99. The second-order valence-corrected chi connectivity index (χ2v) is 4.75. The Balaban J connectivity index is 2.98. The number of hydrazine groups is 1. The first kappa shape index (κ1) is 13.3. The minimum atomic E-state index is 0.747. The van der Waals surface area contributed by atoms with Crippen molar-refractivity contribution in [2.75, 3.05) is 11.2 Å². The molecule has 0 aliphatic rings. The molecule has 0 spiro atoms. The number of aromatic nitrogens is 2. The third-order valence-electron chi connectivity index (χ3n) is 2.20. The number of hydrogen-bond donors (Lipinski definition) is 2. The van der Waals surface area contributed by atoms with Crippen molar-refractivity contribution in [3.8, 4) is 0 Å². The van der Waals surface area contributed by atoms with E-state index in [0.29, 0.717) is 0 Å². The summed E-state index contributed by atoms with van der Waals surface area (Å²) in [4.78, 5) is 8.95. The number of aryl methyl sites for hydroxylation is 1. The van der Waals surface area contributed by atoms with Crippen LogP contribution in [0.5, 0.6) is 0 Å². The van der Waals surface area contributed by atoms with Crippen molar-refractivity contribution in [3.63, 3.8) is 0 Å². The molecule has 1 aromatic heterocycles. The molecule has 4 nitrogen and oxygen atoms in total. The van der Waals surface area contributed by atoms with Gasteiger partial charge in [0.1, 0.15) is 16.7 Å². The highest BCUT2D eigenvalue weighted by Gasteiger charge is 2.09. The van der Waals surface area contributed by atoms with Crippen molar-refractivity contribution >= 4 is 17.6 Å². The molecule has 0 saturated carbocycles. The van der Waals surface area contributed by atoms with E-state index in [4.69, 9.17) is 5.84 Å².